The first-order valence-electron chi connectivity index (χ1n) is 20.9. The van der Waals surface area contributed by atoms with Gasteiger partial charge in [0.15, 0.2) is 11.6 Å². The maximum atomic E-state index is 6.84. The van der Waals surface area contributed by atoms with Gasteiger partial charge in [0.1, 0.15) is 24.4 Å². The zero-order valence-corrected chi connectivity index (χ0v) is 32.4. The van der Waals surface area contributed by atoms with Crippen LogP contribution in [0, 0.1) is 0 Å². The first-order chi connectivity index (χ1) is 26.2. The smallest absolute Gasteiger partial charge is 0.159 e. The average Bonchev–Trinajstić information content (AvgIpc) is 4.14. The van der Waals surface area contributed by atoms with E-state index in [-0.39, 0.29) is 24.4 Å². The second-order valence-electron chi connectivity index (χ2n) is 15.2. The predicted octanol–water partition coefficient (Wildman–Crippen LogP) is 11.6. The van der Waals surface area contributed by atoms with Crippen molar-refractivity contribution in [3.63, 3.8) is 0 Å². The number of benzene rings is 2. The molecule has 2 saturated heterocycles. The van der Waals surface area contributed by atoms with Gasteiger partial charge in [-0.25, -0.2) is 19.9 Å². The van der Waals surface area contributed by atoms with Crippen LogP contribution in [0.3, 0.4) is 0 Å². The van der Waals surface area contributed by atoms with E-state index in [0.717, 1.165) is 46.7 Å². The van der Waals surface area contributed by atoms with Gasteiger partial charge in [-0.3, -0.25) is 0 Å². The summed E-state index contributed by atoms with van der Waals surface area (Å²) in [5.41, 5.74) is 6.61. The number of rotatable bonds is 26. The third-order valence-electron chi connectivity index (χ3n) is 10.7. The third kappa shape index (κ3) is 12.8. The van der Waals surface area contributed by atoms with Crippen molar-refractivity contribution >= 4 is 0 Å². The molecule has 0 N–H and O–H groups in total. The number of aryl methyl sites for hydroxylation is 2. The van der Waals surface area contributed by atoms with E-state index in [1.54, 1.807) is 0 Å². The molecule has 7 heteroatoms. The molecular formula is C46H62N4O3. The molecule has 284 valence electrons. The first kappa shape index (κ1) is 39.2. The number of unbranched alkanes of at least 4 members (excludes halogenated alkanes) is 14. The summed E-state index contributed by atoms with van der Waals surface area (Å²) < 4.78 is 18.4. The van der Waals surface area contributed by atoms with Crippen molar-refractivity contribution in [3.8, 4) is 22.8 Å². The SMILES string of the molecule is CCCCCCCCCCc1cnc(-c2ccc(C(OC(c3ccc(-c4ncc(CCCCCCCCCC)cn4)cc3)C3CO3)C3CO3)cc2)nc1. The van der Waals surface area contributed by atoms with Gasteiger partial charge < -0.3 is 14.2 Å². The summed E-state index contributed by atoms with van der Waals surface area (Å²) in [6.45, 7) is 5.93. The summed E-state index contributed by atoms with van der Waals surface area (Å²) in [5, 5.41) is 0. The lowest BCUT2D eigenvalue weighted by Gasteiger charge is -2.24. The van der Waals surface area contributed by atoms with Crippen LogP contribution in [-0.2, 0) is 27.1 Å². The maximum Gasteiger partial charge on any atom is 0.159 e. The Morgan fingerprint density at radius 1 is 0.491 bits per heavy atom. The largest absolute Gasteiger partial charge is 0.370 e. The van der Waals surface area contributed by atoms with E-state index in [1.807, 2.05) is 24.8 Å². The van der Waals surface area contributed by atoms with Gasteiger partial charge in [0.05, 0.1) is 13.2 Å². The van der Waals surface area contributed by atoms with E-state index in [0.29, 0.717) is 13.2 Å². The number of nitrogens with zero attached hydrogens (tertiary/aromatic N) is 4. The number of hydrogen-bond donors (Lipinski definition) is 0. The fourth-order valence-corrected chi connectivity index (χ4v) is 7.22. The van der Waals surface area contributed by atoms with Crippen molar-refractivity contribution in [2.75, 3.05) is 13.2 Å². The van der Waals surface area contributed by atoms with Crippen LogP contribution in [0.1, 0.15) is 151 Å². The van der Waals surface area contributed by atoms with Gasteiger partial charge in [0, 0.05) is 35.9 Å². The predicted molar refractivity (Wildman–Crippen MR) is 214 cm³/mol. The summed E-state index contributed by atoms with van der Waals surface area (Å²) in [6, 6.07) is 16.9. The van der Waals surface area contributed by atoms with Crippen molar-refractivity contribution in [1.29, 1.82) is 0 Å². The maximum absolute atomic E-state index is 6.84. The molecule has 0 amide bonds. The number of aromatic nitrogens is 4. The van der Waals surface area contributed by atoms with Crippen LogP contribution < -0.4 is 0 Å². The Labute approximate surface area is 318 Å². The summed E-state index contributed by atoms with van der Waals surface area (Å²) in [7, 11) is 0. The quantitative estimate of drug-likeness (QED) is 0.0472. The van der Waals surface area contributed by atoms with Crippen molar-refractivity contribution < 1.29 is 14.2 Å². The summed E-state index contributed by atoms with van der Waals surface area (Å²) in [5.74, 6) is 1.51. The van der Waals surface area contributed by atoms with Crippen LogP contribution in [-0.4, -0.2) is 45.4 Å². The Bertz CT molecular complexity index is 1470. The molecule has 0 aliphatic carbocycles. The van der Waals surface area contributed by atoms with Crippen molar-refractivity contribution in [3.05, 3.63) is 95.6 Å². The zero-order chi connectivity index (χ0) is 36.5. The molecule has 4 aromatic rings. The van der Waals surface area contributed by atoms with Crippen molar-refractivity contribution in [1.82, 2.24) is 19.9 Å². The molecular weight excluding hydrogens is 657 g/mol. The molecule has 0 bridgehead atoms. The topological polar surface area (TPSA) is 85.9 Å². The molecule has 0 spiro atoms. The molecule has 2 aliphatic heterocycles. The fourth-order valence-electron chi connectivity index (χ4n) is 7.22. The van der Waals surface area contributed by atoms with Crippen molar-refractivity contribution in [2.24, 2.45) is 0 Å². The lowest BCUT2D eigenvalue weighted by atomic mass is 10.0. The van der Waals surface area contributed by atoms with Gasteiger partial charge in [-0.15, -0.1) is 0 Å². The zero-order valence-electron chi connectivity index (χ0n) is 32.4. The minimum atomic E-state index is -0.190. The van der Waals surface area contributed by atoms with Crippen LogP contribution in [0.5, 0.6) is 0 Å². The van der Waals surface area contributed by atoms with E-state index < -0.39 is 0 Å². The van der Waals surface area contributed by atoms with Gasteiger partial charge in [-0.1, -0.05) is 152 Å². The van der Waals surface area contributed by atoms with Gasteiger partial charge in [0.2, 0.25) is 0 Å². The van der Waals surface area contributed by atoms with Gasteiger partial charge in [-0.2, -0.15) is 0 Å². The van der Waals surface area contributed by atoms with Crippen LogP contribution in [0.15, 0.2) is 73.3 Å². The Balaban J connectivity index is 0.989. The van der Waals surface area contributed by atoms with Crippen molar-refractivity contribution in [2.45, 2.75) is 154 Å². The number of hydrogen-bond acceptors (Lipinski definition) is 7. The number of epoxide rings is 2. The molecule has 4 atom stereocenters. The fraction of sp³-hybridized carbons (Fsp3) is 0.565. The van der Waals surface area contributed by atoms with Gasteiger partial charge >= 0.3 is 0 Å². The second-order valence-corrected chi connectivity index (χ2v) is 15.2. The first-order valence-corrected chi connectivity index (χ1v) is 20.9. The molecule has 4 unspecified atom stereocenters. The van der Waals surface area contributed by atoms with E-state index in [2.05, 4.69) is 62.4 Å². The monoisotopic (exact) mass is 718 g/mol. The molecule has 2 fully saturated rings. The summed E-state index contributed by atoms with van der Waals surface area (Å²) >= 11 is 0. The normalized spacial score (nSPS) is 17.5. The van der Waals surface area contributed by atoms with E-state index in [1.165, 1.54) is 114 Å². The highest BCUT2D eigenvalue weighted by molar-refractivity contribution is 5.56. The molecule has 2 aliphatic rings. The molecule has 7 nitrogen and oxygen atoms in total. The average molecular weight is 719 g/mol. The third-order valence-corrected chi connectivity index (χ3v) is 10.7. The van der Waals surface area contributed by atoms with Crippen LogP contribution >= 0.6 is 0 Å². The Hall–Kier alpha value is -3.52. The van der Waals surface area contributed by atoms with Crippen LogP contribution in [0.25, 0.3) is 22.8 Å². The van der Waals surface area contributed by atoms with Crippen LogP contribution in [0.2, 0.25) is 0 Å². The highest BCUT2D eigenvalue weighted by atomic mass is 16.6. The number of ether oxygens (including phenoxy) is 3. The molecule has 53 heavy (non-hydrogen) atoms. The van der Waals surface area contributed by atoms with Gasteiger partial charge in [0.25, 0.3) is 0 Å². The van der Waals surface area contributed by atoms with E-state index in [9.17, 15) is 0 Å². The minimum Gasteiger partial charge on any atom is -0.370 e. The molecule has 0 radical (unpaired) electrons. The molecule has 6 rings (SSSR count). The Morgan fingerprint density at radius 2 is 0.811 bits per heavy atom. The highest BCUT2D eigenvalue weighted by Gasteiger charge is 2.42. The molecule has 2 aromatic heterocycles. The molecule has 0 saturated carbocycles. The Morgan fingerprint density at radius 3 is 1.13 bits per heavy atom. The lowest BCUT2D eigenvalue weighted by molar-refractivity contribution is -0.0419. The second kappa shape index (κ2) is 21.4. The Kier molecular flexibility index (Phi) is 15.8. The van der Waals surface area contributed by atoms with E-state index >= 15 is 0 Å². The lowest BCUT2D eigenvalue weighted by Crippen LogP contribution is -2.19. The standard InChI is InChI=1S/C46H62N4O3/c1-3-5-7-9-11-13-15-17-19-35-29-47-45(48-30-35)39-25-21-37(22-26-39)43(41-33-51-41)53-44(42-34-52-42)38-23-27-40(28-24-38)46-49-31-36(32-50-46)20-18-16-14-12-10-8-6-4-2/h21-32,41-44H,3-20,33-34H2,1-2H3. The summed E-state index contributed by atoms with van der Waals surface area (Å²) in [4.78, 5) is 18.8. The van der Waals surface area contributed by atoms with Crippen LogP contribution in [0.4, 0.5) is 0 Å². The molecule has 4 heterocycles. The highest BCUT2D eigenvalue weighted by Crippen LogP contribution is 2.41. The minimum absolute atomic E-state index is 0.0333. The van der Waals surface area contributed by atoms with E-state index in [4.69, 9.17) is 34.1 Å². The summed E-state index contributed by atoms with van der Waals surface area (Å²) in [6.07, 6.45) is 31.0. The molecule has 2 aromatic carbocycles. The van der Waals surface area contributed by atoms with Gasteiger partial charge in [-0.05, 0) is 47.9 Å².